The molecule has 0 aliphatic rings. The lowest BCUT2D eigenvalue weighted by Gasteiger charge is -2.18. The zero-order valence-electron chi connectivity index (χ0n) is 12.0. The van der Waals surface area contributed by atoms with Crippen LogP contribution in [-0.4, -0.2) is 16.3 Å². The molecule has 3 aromatic rings. The van der Waals surface area contributed by atoms with Crippen LogP contribution in [0.5, 0.6) is 0 Å². The molecule has 4 nitrogen and oxygen atoms in total. The first-order valence-corrected chi connectivity index (χ1v) is 7.39. The van der Waals surface area contributed by atoms with Gasteiger partial charge in [-0.05, 0) is 34.5 Å². The molecule has 0 fully saturated rings. The van der Waals surface area contributed by atoms with Crippen molar-refractivity contribution in [2.75, 3.05) is 5.32 Å². The van der Waals surface area contributed by atoms with Gasteiger partial charge in [0.05, 0.1) is 5.69 Å². The van der Waals surface area contributed by atoms with Crippen LogP contribution in [0.1, 0.15) is 17.2 Å². The normalized spacial score (nSPS) is 12.1. The van der Waals surface area contributed by atoms with Gasteiger partial charge in [-0.2, -0.15) is 0 Å². The molecule has 3 rings (SSSR count). The second kappa shape index (κ2) is 6.28. The molecule has 0 bridgehead atoms. The first-order valence-electron chi connectivity index (χ1n) is 7.01. The van der Waals surface area contributed by atoms with E-state index in [9.17, 15) is 9.90 Å². The molecule has 0 aromatic heterocycles. The first-order chi connectivity index (χ1) is 11.1. The molecule has 1 atom stereocenters. The molecule has 3 N–H and O–H groups in total. The van der Waals surface area contributed by atoms with E-state index in [0.717, 1.165) is 10.8 Å². The van der Waals surface area contributed by atoms with Gasteiger partial charge in [0.25, 0.3) is 0 Å². The van der Waals surface area contributed by atoms with E-state index >= 15 is 0 Å². The molecule has 0 aliphatic carbocycles. The van der Waals surface area contributed by atoms with Gasteiger partial charge in [-0.15, -0.1) is 0 Å². The molecule has 0 saturated carbocycles. The van der Waals surface area contributed by atoms with Crippen LogP contribution in [0.2, 0.25) is 5.02 Å². The molecule has 0 saturated heterocycles. The van der Waals surface area contributed by atoms with Crippen LogP contribution >= 0.6 is 11.6 Å². The van der Waals surface area contributed by atoms with Gasteiger partial charge >= 0.3 is 6.09 Å². The summed E-state index contributed by atoms with van der Waals surface area (Å²) in [7, 11) is 0. The number of aliphatic hydroxyl groups excluding tert-OH is 1. The summed E-state index contributed by atoms with van der Waals surface area (Å²) in [6.07, 6.45) is -2.19. The number of nitrogens with one attached hydrogen (secondary N) is 1. The number of carboxylic acid groups (broad SMARTS) is 1. The largest absolute Gasteiger partial charge is 0.465 e. The van der Waals surface area contributed by atoms with Crippen molar-refractivity contribution in [3.63, 3.8) is 0 Å². The Hall–Kier alpha value is -2.56. The van der Waals surface area contributed by atoms with Crippen LogP contribution < -0.4 is 5.32 Å². The van der Waals surface area contributed by atoms with Crippen molar-refractivity contribution in [2.24, 2.45) is 0 Å². The Labute approximate surface area is 138 Å². The molecular formula is C18H14ClNO3. The fourth-order valence-corrected chi connectivity index (χ4v) is 2.83. The van der Waals surface area contributed by atoms with Crippen molar-refractivity contribution in [1.82, 2.24) is 0 Å². The second-order valence-corrected chi connectivity index (χ2v) is 5.57. The third kappa shape index (κ3) is 3.13. The van der Waals surface area contributed by atoms with Crippen LogP contribution in [0.4, 0.5) is 10.5 Å². The van der Waals surface area contributed by atoms with Crippen molar-refractivity contribution in [1.29, 1.82) is 0 Å². The van der Waals surface area contributed by atoms with Crippen molar-refractivity contribution in [3.8, 4) is 0 Å². The lowest BCUT2D eigenvalue weighted by Crippen LogP contribution is -2.12. The lowest BCUT2D eigenvalue weighted by atomic mass is 9.95. The van der Waals surface area contributed by atoms with Gasteiger partial charge in [-0.1, -0.05) is 54.1 Å². The maximum absolute atomic E-state index is 11.0. The monoisotopic (exact) mass is 327 g/mol. The summed E-state index contributed by atoms with van der Waals surface area (Å²) in [5, 5.41) is 24.4. The molecular weight excluding hydrogens is 314 g/mol. The number of fused-ring (bicyclic) bond motifs is 1. The molecule has 0 aliphatic heterocycles. The van der Waals surface area contributed by atoms with Crippen LogP contribution in [0.15, 0.2) is 60.7 Å². The fourth-order valence-electron chi connectivity index (χ4n) is 2.65. The Morgan fingerprint density at radius 1 is 1.00 bits per heavy atom. The second-order valence-electron chi connectivity index (χ2n) is 5.13. The van der Waals surface area contributed by atoms with Gasteiger partial charge in [0.2, 0.25) is 0 Å². The zero-order valence-corrected chi connectivity index (χ0v) is 12.8. The summed E-state index contributed by atoms with van der Waals surface area (Å²) in [5.41, 5.74) is 1.41. The Morgan fingerprint density at radius 2 is 1.74 bits per heavy atom. The third-order valence-electron chi connectivity index (χ3n) is 3.67. The average Bonchev–Trinajstić information content (AvgIpc) is 2.55. The minimum Gasteiger partial charge on any atom is -0.465 e. The molecule has 5 heteroatoms. The van der Waals surface area contributed by atoms with Gasteiger partial charge in [0.15, 0.2) is 0 Å². The van der Waals surface area contributed by atoms with Gasteiger partial charge in [0.1, 0.15) is 6.10 Å². The highest BCUT2D eigenvalue weighted by atomic mass is 35.5. The van der Waals surface area contributed by atoms with E-state index in [4.69, 9.17) is 16.7 Å². The summed E-state index contributed by atoms with van der Waals surface area (Å²) in [6, 6.07) is 18.0. The Bertz CT molecular complexity index is 874. The summed E-state index contributed by atoms with van der Waals surface area (Å²) < 4.78 is 0. The Kier molecular flexibility index (Phi) is 4.19. The van der Waals surface area contributed by atoms with Crippen LogP contribution in [0.3, 0.4) is 0 Å². The number of amides is 1. The summed E-state index contributed by atoms with van der Waals surface area (Å²) >= 11 is 6.02. The number of aliphatic hydroxyl groups is 1. The Morgan fingerprint density at radius 3 is 2.52 bits per heavy atom. The maximum atomic E-state index is 11.0. The topological polar surface area (TPSA) is 69.6 Å². The molecule has 23 heavy (non-hydrogen) atoms. The van der Waals surface area contributed by atoms with E-state index in [-0.39, 0.29) is 0 Å². The molecule has 3 aromatic carbocycles. The number of halogens is 1. The Balaban J connectivity index is 2.14. The number of rotatable bonds is 3. The number of hydrogen-bond acceptors (Lipinski definition) is 2. The lowest BCUT2D eigenvalue weighted by molar-refractivity contribution is 0.209. The van der Waals surface area contributed by atoms with Crippen LogP contribution in [-0.2, 0) is 0 Å². The predicted molar refractivity (Wildman–Crippen MR) is 91.1 cm³/mol. The summed E-state index contributed by atoms with van der Waals surface area (Å²) in [6.45, 7) is 0. The van der Waals surface area contributed by atoms with E-state index < -0.39 is 12.2 Å². The highest BCUT2D eigenvalue weighted by molar-refractivity contribution is 6.30. The molecule has 0 heterocycles. The average molecular weight is 328 g/mol. The zero-order chi connectivity index (χ0) is 16.4. The van der Waals surface area contributed by atoms with Gasteiger partial charge in [-0.25, -0.2) is 4.79 Å². The van der Waals surface area contributed by atoms with Crippen LogP contribution in [0.25, 0.3) is 10.8 Å². The molecule has 1 unspecified atom stereocenters. The summed E-state index contributed by atoms with van der Waals surface area (Å²) in [5.74, 6) is 0. The SMILES string of the molecule is O=C(O)Nc1ccc(Cl)cc1C(O)c1cccc2ccccc12. The third-order valence-corrected chi connectivity index (χ3v) is 3.90. The molecule has 1 amide bonds. The van der Waals surface area contributed by atoms with E-state index in [1.807, 2.05) is 42.5 Å². The van der Waals surface area contributed by atoms with E-state index in [0.29, 0.717) is 21.8 Å². The molecule has 0 radical (unpaired) electrons. The summed E-state index contributed by atoms with van der Waals surface area (Å²) in [4.78, 5) is 11.0. The number of anilines is 1. The van der Waals surface area contributed by atoms with Crippen LogP contribution in [0, 0.1) is 0 Å². The minimum atomic E-state index is -1.20. The van der Waals surface area contributed by atoms with E-state index in [1.54, 1.807) is 18.2 Å². The van der Waals surface area contributed by atoms with Crippen molar-refractivity contribution in [3.05, 3.63) is 76.8 Å². The van der Waals surface area contributed by atoms with Crippen molar-refractivity contribution >= 4 is 34.2 Å². The van der Waals surface area contributed by atoms with E-state index in [1.165, 1.54) is 0 Å². The van der Waals surface area contributed by atoms with Gasteiger partial charge in [0, 0.05) is 10.6 Å². The number of hydrogen-bond donors (Lipinski definition) is 3. The van der Waals surface area contributed by atoms with E-state index in [2.05, 4.69) is 5.32 Å². The van der Waals surface area contributed by atoms with Gasteiger partial charge < -0.3 is 10.2 Å². The van der Waals surface area contributed by atoms with Crippen molar-refractivity contribution in [2.45, 2.75) is 6.10 Å². The van der Waals surface area contributed by atoms with Crippen molar-refractivity contribution < 1.29 is 15.0 Å². The predicted octanol–water partition coefficient (Wildman–Crippen LogP) is 4.66. The quantitative estimate of drug-likeness (QED) is 0.655. The highest BCUT2D eigenvalue weighted by Crippen LogP contribution is 2.34. The van der Waals surface area contributed by atoms with Gasteiger partial charge in [-0.3, -0.25) is 5.32 Å². The minimum absolute atomic E-state index is 0.308. The fraction of sp³-hybridized carbons (Fsp3) is 0.0556. The highest BCUT2D eigenvalue weighted by Gasteiger charge is 2.18. The standard InChI is InChI=1S/C18H14ClNO3/c19-12-8-9-16(20-18(22)23)15(10-12)17(21)14-7-3-5-11-4-1-2-6-13(11)14/h1-10,17,20-21H,(H,22,23). The molecule has 116 valence electrons. The maximum Gasteiger partial charge on any atom is 0.409 e. The smallest absolute Gasteiger partial charge is 0.409 e. The number of benzene rings is 3. The first kappa shape index (κ1) is 15.3. The number of carbonyl (C=O) groups is 1. The molecule has 0 spiro atoms.